The summed E-state index contributed by atoms with van der Waals surface area (Å²) in [6, 6.07) is 40.1. The van der Waals surface area contributed by atoms with Crippen LogP contribution in [0.25, 0.3) is 27.8 Å². The summed E-state index contributed by atoms with van der Waals surface area (Å²) >= 11 is 3.29. The Morgan fingerprint density at radius 2 is 1.00 bits per heavy atom. The van der Waals surface area contributed by atoms with Crippen molar-refractivity contribution >= 4 is 45.3 Å². The molecule has 0 unspecified atom stereocenters. The molecular weight excluding hydrogens is 675 g/mol. The molecule has 4 heterocycles. The highest BCUT2D eigenvalue weighted by Crippen LogP contribution is 2.39. The number of hydrogen-bond donors (Lipinski definition) is 0. The zero-order valence-electron chi connectivity index (χ0n) is 28.0. The van der Waals surface area contributed by atoms with Gasteiger partial charge < -0.3 is 9.47 Å². The summed E-state index contributed by atoms with van der Waals surface area (Å²) in [6.45, 7) is 6.14. The van der Waals surface area contributed by atoms with Gasteiger partial charge in [-0.05, 0) is 72.8 Å². The lowest BCUT2D eigenvalue weighted by Gasteiger charge is -2.14. The smallest absolute Gasteiger partial charge is 0.273 e. The van der Waals surface area contributed by atoms with Gasteiger partial charge in [0.05, 0.1) is 11.0 Å². The maximum absolute atomic E-state index is 5.99. The molecule has 4 aromatic heterocycles. The molecule has 8 rings (SSSR count). The highest BCUT2D eigenvalue weighted by atomic mass is 32.2. The standard InChI is InChI=1S/C40H31N7O2S2/c1-40(2,3)38-43-45-39(46-44-38)47-34-24-30(50-28-12-8-10-26(22-28)48-36-14-4-6-20-41-36)16-18-32(34)33-19-17-31(25-35(33)47)51-29-13-9-11-27(23-29)49-37-15-5-7-21-42-37/h4-25H,1-3H3. The molecule has 0 radical (unpaired) electrons. The first kappa shape index (κ1) is 32.4. The molecular formula is C40H31N7O2S2. The predicted molar refractivity (Wildman–Crippen MR) is 200 cm³/mol. The molecule has 0 aliphatic heterocycles. The monoisotopic (exact) mass is 705 g/mol. The Labute approximate surface area is 303 Å². The lowest BCUT2D eigenvalue weighted by atomic mass is 9.96. The fourth-order valence-electron chi connectivity index (χ4n) is 5.47. The fraction of sp³-hybridized carbons (Fsp3) is 0.100. The zero-order chi connectivity index (χ0) is 34.8. The van der Waals surface area contributed by atoms with Crippen molar-refractivity contribution in [1.29, 1.82) is 0 Å². The van der Waals surface area contributed by atoms with Crippen LogP contribution in [0.2, 0.25) is 0 Å². The van der Waals surface area contributed by atoms with Crippen molar-refractivity contribution in [2.75, 3.05) is 0 Å². The lowest BCUT2D eigenvalue weighted by Crippen LogP contribution is -2.19. The second-order valence-corrected chi connectivity index (χ2v) is 15.0. The van der Waals surface area contributed by atoms with Crippen molar-refractivity contribution in [1.82, 2.24) is 34.9 Å². The highest BCUT2D eigenvalue weighted by Gasteiger charge is 2.21. The third kappa shape index (κ3) is 7.26. The van der Waals surface area contributed by atoms with E-state index in [4.69, 9.17) is 9.47 Å². The molecule has 250 valence electrons. The van der Waals surface area contributed by atoms with Crippen LogP contribution in [0.1, 0.15) is 26.6 Å². The van der Waals surface area contributed by atoms with E-state index in [0.29, 0.717) is 23.5 Å². The maximum atomic E-state index is 5.99. The van der Waals surface area contributed by atoms with E-state index in [1.54, 1.807) is 35.9 Å². The molecule has 9 nitrogen and oxygen atoms in total. The number of nitrogens with zero attached hydrogens (tertiary/aromatic N) is 7. The van der Waals surface area contributed by atoms with Crippen LogP contribution in [0.15, 0.2) is 153 Å². The zero-order valence-corrected chi connectivity index (χ0v) is 29.6. The Kier molecular flexibility index (Phi) is 8.81. The normalized spacial score (nSPS) is 11.6. The Bertz CT molecular complexity index is 2320. The largest absolute Gasteiger partial charge is 0.439 e. The third-order valence-corrected chi connectivity index (χ3v) is 9.81. The number of pyridine rings is 2. The summed E-state index contributed by atoms with van der Waals surface area (Å²) in [7, 11) is 0. The van der Waals surface area contributed by atoms with Crippen molar-refractivity contribution in [2.45, 2.75) is 45.8 Å². The first-order chi connectivity index (χ1) is 24.9. The van der Waals surface area contributed by atoms with Crippen LogP contribution < -0.4 is 9.47 Å². The van der Waals surface area contributed by atoms with E-state index < -0.39 is 0 Å². The van der Waals surface area contributed by atoms with Crippen molar-refractivity contribution in [2.24, 2.45) is 0 Å². The Morgan fingerprint density at radius 1 is 0.510 bits per heavy atom. The van der Waals surface area contributed by atoms with Gasteiger partial charge >= 0.3 is 0 Å². The average Bonchev–Trinajstić information content (AvgIpc) is 3.45. The molecule has 11 heteroatoms. The van der Waals surface area contributed by atoms with Gasteiger partial charge in [0, 0.05) is 60.3 Å². The van der Waals surface area contributed by atoms with Crippen LogP contribution >= 0.6 is 23.5 Å². The molecule has 0 amide bonds. The van der Waals surface area contributed by atoms with Gasteiger partial charge in [-0.15, -0.1) is 20.4 Å². The highest BCUT2D eigenvalue weighted by molar-refractivity contribution is 7.99. The molecule has 0 atom stereocenters. The van der Waals surface area contributed by atoms with Crippen LogP contribution in [0.4, 0.5) is 0 Å². The number of fused-ring (bicyclic) bond motifs is 3. The quantitative estimate of drug-likeness (QED) is 0.144. The molecule has 4 aromatic carbocycles. The summed E-state index contributed by atoms with van der Waals surface area (Å²) in [6.07, 6.45) is 3.43. The van der Waals surface area contributed by atoms with E-state index in [2.05, 4.69) is 78.9 Å². The molecule has 0 saturated carbocycles. The van der Waals surface area contributed by atoms with E-state index in [1.807, 2.05) is 98.1 Å². The molecule has 0 bridgehead atoms. The molecule has 0 aliphatic carbocycles. The molecule has 0 fully saturated rings. The molecule has 0 aliphatic rings. The van der Waals surface area contributed by atoms with Gasteiger partial charge in [-0.2, -0.15) is 0 Å². The van der Waals surface area contributed by atoms with Crippen molar-refractivity contribution < 1.29 is 9.47 Å². The van der Waals surface area contributed by atoms with Gasteiger partial charge in [0.25, 0.3) is 5.95 Å². The second kappa shape index (κ2) is 13.9. The number of aromatic nitrogens is 7. The van der Waals surface area contributed by atoms with Crippen LogP contribution in [0, 0.1) is 0 Å². The van der Waals surface area contributed by atoms with E-state index in [1.165, 1.54) is 0 Å². The van der Waals surface area contributed by atoms with Crippen molar-refractivity contribution in [3.05, 3.63) is 140 Å². The van der Waals surface area contributed by atoms with Gasteiger partial charge in [-0.25, -0.2) is 9.97 Å². The van der Waals surface area contributed by atoms with Gasteiger partial charge in [-0.3, -0.25) is 4.57 Å². The van der Waals surface area contributed by atoms with Crippen LogP contribution in [-0.2, 0) is 5.41 Å². The summed E-state index contributed by atoms with van der Waals surface area (Å²) in [5.74, 6) is 3.53. The summed E-state index contributed by atoms with van der Waals surface area (Å²) in [5.41, 5.74) is 1.63. The minimum Gasteiger partial charge on any atom is -0.439 e. The first-order valence-corrected chi connectivity index (χ1v) is 17.9. The third-order valence-electron chi connectivity index (χ3n) is 7.85. The topological polar surface area (TPSA) is 101 Å². The van der Waals surface area contributed by atoms with Crippen molar-refractivity contribution in [3.63, 3.8) is 0 Å². The minimum absolute atomic E-state index is 0.281. The average molecular weight is 706 g/mol. The maximum Gasteiger partial charge on any atom is 0.273 e. The molecule has 8 aromatic rings. The SMILES string of the molecule is CC(C)(C)c1nnc(-n2c3cc(Sc4cccc(Oc5ccccn5)c4)ccc3c3ccc(Sc4cccc(Oc5ccccn5)c4)cc32)nn1. The van der Waals surface area contributed by atoms with Crippen LogP contribution in [0.5, 0.6) is 23.3 Å². The number of rotatable bonds is 9. The minimum atomic E-state index is -0.281. The molecule has 0 N–H and O–H groups in total. The van der Waals surface area contributed by atoms with Gasteiger partial charge in [0.2, 0.25) is 11.8 Å². The van der Waals surface area contributed by atoms with Crippen LogP contribution in [-0.4, -0.2) is 34.9 Å². The second-order valence-electron chi connectivity index (χ2n) is 12.7. The van der Waals surface area contributed by atoms with Gasteiger partial charge in [0.15, 0.2) is 5.82 Å². The van der Waals surface area contributed by atoms with E-state index >= 15 is 0 Å². The number of ether oxygens (including phenoxy) is 2. The first-order valence-electron chi connectivity index (χ1n) is 16.3. The summed E-state index contributed by atoms with van der Waals surface area (Å²) < 4.78 is 14.0. The predicted octanol–water partition coefficient (Wildman–Crippen LogP) is 10.3. The van der Waals surface area contributed by atoms with E-state index in [9.17, 15) is 0 Å². The van der Waals surface area contributed by atoms with E-state index in [-0.39, 0.29) is 5.41 Å². The molecule has 0 saturated heterocycles. The molecule has 0 spiro atoms. The van der Waals surface area contributed by atoms with Crippen LogP contribution in [0.3, 0.4) is 0 Å². The van der Waals surface area contributed by atoms with Crippen molar-refractivity contribution in [3.8, 4) is 29.2 Å². The molecule has 51 heavy (non-hydrogen) atoms. The lowest BCUT2D eigenvalue weighted by molar-refractivity contribution is 0.461. The Morgan fingerprint density at radius 3 is 1.45 bits per heavy atom. The Balaban J connectivity index is 1.16. The van der Waals surface area contributed by atoms with Gasteiger partial charge in [0.1, 0.15) is 11.5 Å². The summed E-state index contributed by atoms with van der Waals surface area (Å²) in [4.78, 5) is 12.7. The number of hydrogen-bond acceptors (Lipinski definition) is 10. The summed E-state index contributed by atoms with van der Waals surface area (Å²) in [5, 5.41) is 20.3. The van der Waals surface area contributed by atoms with Gasteiger partial charge in [-0.1, -0.05) is 80.7 Å². The Hall–Kier alpha value is -5.78. The van der Waals surface area contributed by atoms with E-state index in [0.717, 1.165) is 52.9 Å². The number of benzene rings is 4. The fourth-order valence-corrected chi connectivity index (χ4v) is 7.27.